The van der Waals surface area contributed by atoms with Gasteiger partial charge in [0, 0.05) is 10.7 Å². The zero-order chi connectivity index (χ0) is 12.1. The lowest BCUT2D eigenvalue weighted by Crippen LogP contribution is -2.27. The van der Waals surface area contributed by atoms with Gasteiger partial charge in [0.25, 0.3) is 0 Å². The third kappa shape index (κ3) is 3.90. The van der Waals surface area contributed by atoms with Crippen LogP contribution in [0.4, 0.5) is 5.69 Å². The highest BCUT2D eigenvalue weighted by Crippen LogP contribution is 2.14. The number of anilines is 1. The Morgan fingerprint density at radius 1 is 1.38 bits per heavy atom. The SMILES string of the molecule is CC(C)OC(=O)C(=O)Nc1cccc(Cl)c1. The first kappa shape index (κ1) is 12.5. The number of esters is 1. The lowest BCUT2D eigenvalue weighted by Gasteiger charge is -2.08. The van der Waals surface area contributed by atoms with Crippen molar-refractivity contribution in [1.82, 2.24) is 0 Å². The maximum atomic E-state index is 11.3. The van der Waals surface area contributed by atoms with Crippen molar-refractivity contribution in [3.63, 3.8) is 0 Å². The minimum Gasteiger partial charge on any atom is -0.456 e. The Kier molecular flexibility index (Phi) is 4.31. The highest BCUT2D eigenvalue weighted by atomic mass is 35.5. The third-order valence-corrected chi connectivity index (χ3v) is 1.85. The van der Waals surface area contributed by atoms with Gasteiger partial charge in [-0.05, 0) is 32.0 Å². The molecule has 0 heterocycles. The molecular formula is C11H12ClNO3. The van der Waals surface area contributed by atoms with E-state index >= 15 is 0 Å². The molecule has 1 amide bonds. The number of nitrogens with one attached hydrogen (secondary N) is 1. The molecule has 5 heteroatoms. The topological polar surface area (TPSA) is 55.4 Å². The number of ether oxygens (including phenoxy) is 1. The lowest BCUT2D eigenvalue weighted by molar-refractivity contribution is -0.155. The molecule has 0 radical (unpaired) electrons. The van der Waals surface area contributed by atoms with Gasteiger partial charge < -0.3 is 10.1 Å². The van der Waals surface area contributed by atoms with Gasteiger partial charge in [-0.3, -0.25) is 4.79 Å². The normalized spacial score (nSPS) is 10.0. The van der Waals surface area contributed by atoms with E-state index in [1.54, 1.807) is 38.1 Å². The van der Waals surface area contributed by atoms with Crippen LogP contribution in [0.25, 0.3) is 0 Å². The van der Waals surface area contributed by atoms with Gasteiger partial charge in [-0.15, -0.1) is 0 Å². The monoisotopic (exact) mass is 241 g/mol. The summed E-state index contributed by atoms with van der Waals surface area (Å²) in [6.45, 7) is 3.34. The van der Waals surface area contributed by atoms with Gasteiger partial charge in [0.2, 0.25) is 0 Å². The number of halogens is 1. The Morgan fingerprint density at radius 2 is 2.06 bits per heavy atom. The Morgan fingerprint density at radius 3 is 2.62 bits per heavy atom. The van der Waals surface area contributed by atoms with Crippen LogP contribution >= 0.6 is 11.6 Å². The molecule has 0 aliphatic rings. The number of hydrogen-bond acceptors (Lipinski definition) is 3. The molecule has 0 aliphatic heterocycles. The van der Waals surface area contributed by atoms with Crippen LogP contribution in [-0.2, 0) is 14.3 Å². The molecule has 0 aromatic heterocycles. The molecule has 1 rings (SSSR count). The van der Waals surface area contributed by atoms with E-state index in [2.05, 4.69) is 5.32 Å². The first-order chi connectivity index (χ1) is 7.49. The zero-order valence-electron chi connectivity index (χ0n) is 8.99. The molecule has 86 valence electrons. The van der Waals surface area contributed by atoms with Crippen LogP contribution in [0.3, 0.4) is 0 Å². The van der Waals surface area contributed by atoms with E-state index < -0.39 is 11.9 Å². The summed E-state index contributed by atoms with van der Waals surface area (Å²) < 4.78 is 4.73. The summed E-state index contributed by atoms with van der Waals surface area (Å²) in [6, 6.07) is 6.52. The number of carbonyl (C=O) groups excluding carboxylic acids is 2. The van der Waals surface area contributed by atoms with Crippen molar-refractivity contribution in [2.45, 2.75) is 20.0 Å². The molecule has 0 fully saturated rings. The van der Waals surface area contributed by atoms with Crippen LogP contribution < -0.4 is 5.32 Å². The van der Waals surface area contributed by atoms with Gasteiger partial charge in [0.1, 0.15) is 0 Å². The Balaban J connectivity index is 2.61. The first-order valence-corrected chi connectivity index (χ1v) is 5.14. The predicted octanol–water partition coefficient (Wildman–Crippen LogP) is 2.23. The van der Waals surface area contributed by atoms with E-state index in [-0.39, 0.29) is 6.10 Å². The smallest absolute Gasteiger partial charge is 0.397 e. The molecule has 0 unspecified atom stereocenters. The maximum Gasteiger partial charge on any atom is 0.397 e. The largest absolute Gasteiger partial charge is 0.456 e. The fourth-order valence-electron chi connectivity index (χ4n) is 1.02. The van der Waals surface area contributed by atoms with Crippen LogP contribution in [0.2, 0.25) is 5.02 Å². The molecule has 0 saturated heterocycles. The third-order valence-electron chi connectivity index (χ3n) is 1.61. The first-order valence-electron chi connectivity index (χ1n) is 4.76. The number of amides is 1. The van der Waals surface area contributed by atoms with Crippen molar-refractivity contribution >= 4 is 29.2 Å². The van der Waals surface area contributed by atoms with Gasteiger partial charge >= 0.3 is 11.9 Å². The molecule has 0 bridgehead atoms. The van der Waals surface area contributed by atoms with E-state index in [4.69, 9.17) is 16.3 Å². The second-order valence-corrected chi connectivity index (χ2v) is 3.85. The predicted molar refractivity (Wildman–Crippen MR) is 61.3 cm³/mol. The average Bonchev–Trinajstić information content (AvgIpc) is 2.16. The van der Waals surface area contributed by atoms with Crippen molar-refractivity contribution in [3.05, 3.63) is 29.3 Å². The Bertz CT molecular complexity index is 404. The second kappa shape index (κ2) is 5.51. The molecule has 1 aromatic carbocycles. The summed E-state index contributed by atoms with van der Waals surface area (Å²) in [5.74, 6) is -1.72. The molecular weight excluding hydrogens is 230 g/mol. The van der Waals surface area contributed by atoms with Crippen molar-refractivity contribution in [1.29, 1.82) is 0 Å². The molecule has 0 aliphatic carbocycles. The van der Waals surface area contributed by atoms with Gasteiger partial charge in [0.15, 0.2) is 0 Å². The van der Waals surface area contributed by atoms with Crippen LogP contribution in [0.15, 0.2) is 24.3 Å². The van der Waals surface area contributed by atoms with Crippen molar-refractivity contribution in [2.24, 2.45) is 0 Å². The fourth-order valence-corrected chi connectivity index (χ4v) is 1.21. The van der Waals surface area contributed by atoms with Crippen LogP contribution in [0, 0.1) is 0 Å². The van der Waals surface area contributed by atoms with Crippen molar-refractivity contribution in [3.8, 4) is 0 Å². The minimum atomic E-state index is -0.907. The van der Waals surface area contributed by atoms with E-state index in [0.717, 1.165) is 0 Å². The summed E-state index contributed by atoms with van der Waals surface area (Å²) in [4.78, 5) is 22.5. The summed E-state index contributed by atoms with van der Waals surface area (Å²) in [5.41, 5.74) is 0.457. The van der Waals surface area contributed by atoms with Crippen LogP contribution in [0.5, 0.6) is 0 Å². The van der Waals surface area contributed by atoms with Crippen molar-refractivity contribution < 1.29 is 14.3 Å². The lowest BCUT2D eigenvalue weighted by atomic mass is 10.3. The van der Waals surface area contributed by atoms with Gasteiger partial charge in [-0.2, -0.15) is 0 Å². The Labute approximate surface area is 98.5 Å². The number of hydrogen-bond donors (Lipinski definition) is 1. The standard InChI is InChI=1S/C11H12ClNO3/c1-7(2)16-11(15)10(14)13-9-5-3-4-8(12)6-9/h3-7H,1-2H3,(H,13,14). The Hall–Kier alpha value is -1.55. The molecule has 1 N–H and O–H groups in total. The summed E-state index contributed by atoms with van der Waals surface area (Å²) >= 11 is 5.72. The average molecular weight is 242 g/mol. The summed E-state index contributed by atoms with van der Waals surface area (Å²) in [6.07, 6.45) is -0.322. The minimum absolute atomic E-state index is 0.322. The summed E-state index contributed by atoms with van der Waals surface area (Å²) in [5, 5.41) is 2.87. The highest BCUT2D eigenvalue weighted by molar-refractivity contribution is 6.37. The molecule has 4 nitrogen and oxygen atoms in total. The van der Waals surface area contributed by atoms with E-state index in [0.29, 0.717) is 10.7 Å². The van der Waals surface area contributed by atoms with E-state index in [1.807, 2.05) is 0 Å². The van der Waals surface area contributed by atoms with Gasteiger partial charge in [0.05, 0.1) is 6.10 Å². The molecule has 0 atom stereocenters. The zero-order valence-corrected chi connectivity index (χ0v) is 9.75. The molecule has 16 heavy (non-hydrogen) atoms. The number of carbonyl (C=O) groups is 2. The maximum absolute atomic E-state index is 11.3. The van der Waals surface area contributed by atoms with E-state index in [1.165, 1.54) is 0 Å². The number of rotatable bonds is 2. The molecule has 0 saturated carbocycles. The molecule has 1 aromatic rings. The van der Waals surface area contributed by atoms with Crippen molar-refractivity contribution in [2.75, 3.05) is 5.32 Å². The molecule has 0 spiro atoms. The highest BCUT2D eigenvalue weighted by Gasteiger charge is 2.16. The summed E-state index contributed by atoms with van der Waals surface area (Å²) in [7, 11) is 0. The van der Waals surface area contributed by atoms with E-state index in [9.17, 15) is 9.59 Å². The fraction of sp³-hybridized carbons (Fsp3) is 0.273. The van der Waals surface area contributed by atoms with Gasteiger partial charge in [-0.25, -0.2) is 4.79 Å². The van der Waals surface area contributed by atoms with Crippen LogP contribution in [-0.4, -0.2) is 18.0 Å². The van der Waals surface area contributed by atoms with Gasteiger partial charge in [-0.1, -0.05) is 17.7 Å². The number of benzene rings is 1. The van der Waals surface area contributed by atoms with Crippen LogP contribution in [0.1, 0.15) is 13.8 Å². The second-order valence-electron chi connectivity index (χ2n) is 3.42. The quantitative estimate of drug-likeness (QED) is 0.638.